The fourth-order valence-electron chi connectivity index (χ4n) is 1.59. The summed E-state index contributed by atoms with van der Waals surface area (Å²) >= 11 is 5.24. The minimum Gasteiger partial charge on any atom is -0.271 e. The number of rotatable bonds is 3. The van der Waals surface area contributed by atoms with E-state index in [-0.39, 0.29) is 6.04 Å². The molecule has 3 N–H and O–H groups in total. The van der Waals surface area contributed by atoms with Gasteiger partial charge in [0.25, 0.3) is 0 Å². The molecule has 16 heavy (non-hydrogen) atoms. The third-order valence-corrected chi connectivity index (χ3v) is 4.32. The van der Waals surface area contributed by atoms with Crippen LogP contribution in [-0.2, 0) is 0 Å². The van der Waals surface area contributed by atoms with Crippen molar-refractivity contribution in [2.45, 2.75) is 13.0 Å². The molecule has 2 aromatic rings. The first-order valence-corrected chi connectivity index (χ1v) is 6.65. The highest BCUT2D eigenvalue weighted by atomic mass is 79.9. The maximum absolute atomic E-state index is 5.63. The molecule has 0 radical (unpaired) electrons. The van der Waals surface area contributed by atoms with Crippen molar-refractivity contribution in [3.8, 4) is 0 Å². The molecule has 1 aromatic heterocycles. The van der Waals surface area contributed by atoms with E-state index in [9.17, 15) is 0 Å². The number of benzene rings is 1. The molecule has 0 aliphatic rings. The number of halogens is 1. The lowest BCUT2D eigenvalue weighted by Gasteiger charge is -2.15. The standard InChI is InChI=1S/C12H13BrN2S/c1-8-4-5-9(7-10(8)13)12(15-14)11-3-2-6-16-11/h2-7,12,15H,14H2,1H3. The summed E-state index contributed by atoms with van der Waals surface area (Å²) in [6, 6.07) is 10.5. The van der Waals surface area contributed by atoms with Crippen LogP contribution in [0.3, 0.4) is 0 Å². The Bertz CT molecular complexity index is 468. The molecule has 0 fully saturated rings. The normalized spacial score (nSPS) is 12.7. The van der Waals surface area contributed by atoms with Gasteiger partial charge in [-0.1, -0.05) is 34.1 Å². The van der Waals surface area contributed by atoms with Crippen LogP contribution in [0.5, 0.6) is 0 Å². The van der Waals surface area contributed by atoms with Crippen LogP contribution in [0.2, 0.25) is 0 Å². The van der Waals surface area contributed by atoms with E-state index >= 15 is 0 Å². The highest BCUT2D eigenvalue weighted by Gasteiger charge is 2.13. The van der Waals surface area contributed by atoms with Crippen molar-refractivity contribution in [1.29, 1.82) is 0 Å². The molecule has 0 saturated carbocycles. The van der Waals surface area contributed by atoms with Crippen molar-refractivity contribution in [3.05, 3.63) is 56.2 Å². The smallest absolute Gasteiger partial charge is 0.0802 e. The number of hydrazine groups is 1. The number of nitrogens with two attached hydrogens (primary N) is 1. The van der Waals surface area contributed by atoms with Gasteiger partial charge in [-0.3, -0.25) is 5.84 Å². The van der Waals surface area contributed by atoms with Crippen molar-refractivity contribution in [2.24, 2.45) is 5.84 Å². The zero-order valence-corrected chi connectivity index (χ0v) is 11.3. The lowest BCUT2D eigenvalue weighted by atomic mass is 10.0. The van der Waals surface area contributed by atoms with Crippen molar-refractivity contribution >= 4 is 27.3 Å². The topological polar surface area (TPSA) is 38.0 Å². The molecule has 0 aliphatic heterocycles. The third-order valence-electron chi connectivity index (χ3n) is 2.52. The van der Waals surface area contributed by atoms with Crippen LogP contribution in [0.4, 0.5) is 0 Å². The second kappa shape index (κ2) is 5.10. The van der Waals surface area contributed by atoms with Gasteiger partial charge < -0.3 is 0 Å². The Kier molecular flexibility index (Phi) is 3.76. The molecule has 0 amide bonds. The maximum Gasteiger partial charge on any atom is 0.0802 e. The van der Waals surface area contributed by atoms with E-state index in [1.807, 2.05) is 6.07 Å². The molecular formula is C12H13BrN2S. The molecule has 1 unspecified atom stereocenters. The van der Waals surface area contributed by atoms with E-state index in [4.69, 9.17) is 5.84 Å². The summed E-state index contributed by atoms with van der Waals surface area (Å²) < 4.78 is 1.11. The molecule has 0 aliphatic carbocycles. The maximum atomic E-state index is 5.63. The molecule has 2 rings (SSSR count). The van der Waals surface area contributed by atoms with Crippen molar-refractivity contribution in [3.63, 3.8) is 0 Å². The van der Waals surface area contributed by atoms with Gasteiger partial charge in [0.2, 0.25) is 0 Å². The Labute approximate surface area is 108 Å². The summed E-state index contributed by atoms with van der Waals surface area (Å²) in [5.74, 6) is 5.63. The zero-order valence-electron chi connectivity index (χ0n) is 8.91. The van der Waals surface area contributed by atoms with Crippen LogP contribution >= 0.6 is 27.3 Å². The van der Waals surface area contributed by atoms with Crippen LogP contribution < -0.4 is 11.3 Å². The summed E-state index contributed by atoms with van der Waals surface area (Å²) in [7, 11) is 0. The zero-order chi connectivity index (χ0) is 11.5. The van der Waals surface area contributed by atoms with E-state index in [0.717, 1.165) is 4.47 Å². The number of aryl methyl sites for hydroxylation is 1. The van der Waals surface area contributed by atoms with Gasteiger partial charge in [0.1, 0.15) is 0 Å². The van der Waals surface area contributed by atoms with Crippen molar-refractivity contribution < 1.29 is 0 Å². The van der Waals surface area contributed by atoms with Crippen molar-refractivity contribution in [2.75, 3.05) is 0 Å². The largest absolute Gasteiger partial charge is 0.271 e. The fourth-order valence-corrected chi connectivity index (χ4v) is 2.79. The molecule has 0 spiro atoms. The Morgan fingerprint density at radius 1 is 1.38 bits per heavy atom. The SMILES string of the molecule is Cc1ccc(C(NN)c2cccs2)cc1Br. The van der Waals surface area contributed by atoms with Gasteiger partial charge in [-0.15, -0.1) is 11.3 Å². The number of thiophene rings is 1. The van der Waals surface area contributed by atoms with Crippen LogP contribution in [0, 0.1) is 6.92 Å². The van der Waals surface area contributed by atoms with E-state index < -0.39 is 0 Å². The Morgan fingerprint density at radius 2 is 2.19 bits per heavy atom. The van der Waals surface area contributed by atoms with Gasteiger partial charge in [-0.05, 0) is 35.6 Å². The molecule has 4 heteroatoms. The van der Waals surface area contributed by atoms with E-state index in [0.29, 0.717) is 0 Å². The number of hydrogen-bond donors (Lipinski definition) is 2. The molecule has 1 aromatic carbocycles. The third kappa shape index (κ3) is 2.35. The first-order valence-electron chi connectivity index (χ1n) is 4.98. The number of hydrogen-bond acceptors (Lipinski definition) is 3. The summed E-state index contributed by atoms with van der Waals surface area (Å²) in [6.07, 6.45) is 0. The highest BCUT2D eigenvalue weighted by molar-refractivity contribution is 9.10. The predicted molar refractivity (Wildman–Crippen MR) is 72.4 cm³/mol. The summed E-state index contributed by atoms with van der Waals surface area (Å²) in [4.78, 5) is 1.22. The first-order chi connectivity index (χ1) is 7.72. The Morgan fingerprint density at radius 3 is 2.75 bits per heavy atom. The summed E-state index contributed by atoms with van der Waals surface area (Å²) in [5, 5.41) is 2.06. The average molecular weight is 297 g/mol. The molecule has 2 nitrogen and oxygen atoms in total. The first kappa shape index (κ1) is 11.8. The van der Waals surface area contributed by atoms with Gasteiger partial charge >= 0.3 is 0 Å². The molecular weight excluding hydrogens is 284 g/mol. The van der Waals surface area contributed by atoms with E-state index in [2.05, 4.69) is 57.9 Å². The Hall–Kier alpha value is -0.680. The van der Waals surface area contributed by atoms with Crippen LogP contribution in [0.15, 0.2) is 40.2 Å². The van der Waals surface area contributed by atoms with Crippen LogP contribution in [0.25, 0.3) is 0 Å². The van der Waals surface area contributed by atoms with Gasteiger partial charge in [0, 0.05) is 9.35 Å². The van der Waals surface area contributed by atoms with Gasteiger partial charge in [-0.25, -0.2) is 5.43 Å². The average Bonchev–Trinajstić information content (AvgIpc) is 2.78. The minimum absolute atomic E-state index is 0.0666. The van der Waals surface area contributed by atoms with E-state index in [1.165, 1.54) is 16.0 Å². The second-order valence-electron chi connectivity index (χ2n) is 3.62. The van der Waals surface area contributed by atoms with E-state index in [1.54, 1.807) is 11.3 Å². The Balaban J connectivity index is 2.37. The predicted octanol–water partition coefficient (Wildman–Crippen LogP) is 3.37. The van der Waals surface area contributed by atoms with Crippen LogP contribution in [-0.4, -0.2) is 0 Å². The van der Waals surface area contributed by atoms with Crippen LogP contribution in [0.1, 0.15) is 22.0 Å². The quantitative estimate of drug-likeness (QED) is 0.673. The monoisotopic (exact) mass is 296 g/mol. The molecule has 0 bridgehead atoms. The lowest BCUT2D eigenvalue weighted by molar-refractivity contribution is 0.646. The van der Waals surface area contributed by atoms with Gasteiger partial charge in [0.05, 0.1) is 6.04 Å². The summed E-state index contributed by atoms with van der Waals surface area (Å²) in [5.41, 5.74) is 5.25. The molecule has 84 valence electrons. The fraction of sp³-hybridized carbons (Fsp3) is 0.167. The molecule has 0 saturated heterocycles. The van der Waals surface area contributed by atoms with Crippen molar-refractivity contribution in [1.82, 2.24) is 5.43 Å². The van der Waals surface area contributed by atoms with Gasteiger partial charge in [-0.2, -0.15) is 0 Å². The molecule has 1 atom stereocenters. The molecule has 1 heterocycles. The number of nitrogens with one attached hydrogen (secondary N) is 1. The second-order valence-corrected chi connectivity index (χ2v) is 5.46. The summed E-state index contributed by atoms with van der Waals surface area (Å²) in [6.45, 7) is 2.07. The highest BCUT2D eigenvalue weighted by Crippen LogP contribution is 2.28. The minimum atomic E-state index is 0.0666. The van der Waals surface area contributed by atoms with Gasteiger partial charge in [0.15, 0.2) is 0 Å². The lowest BCUT2D eigenvalue weighted by Crippen LogP contribution is -2.28.